The highest BCUT2D eigenvalue weighted by Crippen LogP contribution is 2.08. The Labute approximate surface area is 96.9 Å². The Kier molecular flexibility index (Phi) is 4.89. The molecule has 0 fully saturated rings. The summed E-state index contributed by atoms with van der Waals surface area (Å²) in [6.45, 7) is 8.19. The van der Waals surface area contributed by atoms with Gasteiger partial charge in [-0.15, -0.1) is 5.10 Å². The Hall–Kier alpha value is -0.940. The van der Waals surface area contributed by atoms with E-state index in [4.69, 9.17) is 0 Å². The quantitative estimate of drug-likeness (QED) is 0.679. The summed E-state index contributed by atoms with van der Waals surface area (Å²) in [5.74, 6) is 0. The maximum atomic E-state index is 9.59. The molecule has 16 heavy (non-hydrogen) atoms. The van der Waals surface area contributed by atoms with Crippen molar-refractivity contribution in [2.45, 2.75) is 52.3 Å². The molecule has 0 bridgehead atoms. The molecule has 0 amide bonds. The number of nitrogens with one attached hydrogen (secondary N) is 1. The average Bonchev–Trinajstić information content (AvgIpc) is 2.62. The Bertz CT molecular complexity index is 303. The molecule has 92 valence electrons. The van der Waals surface area contributed by atoms with Gasteiger partial charge in [0.25, 0.3) is 0 Å². The van der Waals surface area contributed by atoms with E-state index in [2.05, 4.69) is 22.6 Å². The van der Waals surface area contributed by atoms with Crippen molar-refractivity contribution in [1.29, 1.82) is 0 Å². The lowest BCUT2D eigenvalue weighted by atomic mass is 10.1. The Morgan fingerprint density at radius 3 is 2.88 bits per heavy atom. The fourth-order valence-electron chi connectivity index (χ4n) is 1.31. The molecule has 5 heteroatoms. The zero-order valence-electron chi connectivity index (χ0n) is 10.4. The van der Waals surface area contributed by atoms with Gasteiger partial charge in [0.1, 0.15) is 0 Å². The molecule has 1 rings (SSSR count). The van der Waals surface area contributed by atoms with E-state index in [1.165, 1.54) is 0 Å². The number of nitrogens with zero attached hydrogens (tertiary/aromatic N) is 3. The Morgan fingerprint density at radius 1 is 1.50 bits per heavy atom. The molecule has 5 nitrogen and oxygen atoms in total. The van der Waals surface area contributed by atoms with E-state index in [9.17, 15) is 5.11 Å². The highest BCUT2D eigenvalue weighted by atomic mass is 16.3. The lowest BCUT2D eigenvalue weighted by Gasteiger charge is -2.15. The van der Waals surface area contributed by atoms with Crippen LogP contribution in [-0.2, 0) is 13.1 Å². The van der Waals surface area contributed by atoms with E-state index in [0.717, 1.165) is 25.2 Å². The van der Waals surface area contributed by atoms with Gasteiger partial charge in [0, 0.05) is 19.3 Å². The summed E-state index contributed by atoms with van der Waals surface area (Å²) in [6, 6.07) is 0. The lowest BCUT2D eigenvalue weighted by molar-refractivity contribution is 0.0649. The topological polar surface area (TPSA) is 63.0 Å². The minimum atomic E-state index is -0.646. The van der Waals surface area contributed by atoms with Crippen molar-refractivity contribution in [2.75, 3.05) is 6.54 Å². The molecule has 1 heterocycles. The monoisotopic (exact) mass is 226 g/mol. The number of aryl methyl sites for hydroxylation is 1. The number of aliphatic hydroxyl groups is 1. The Balaban J connectivity index is 2.33. The number of rotatable bonds is 7. The van der Waals surface area contributed by atoms with Crippen LogP contribution in [0.25, 0.3) is 0 Å². The van der Waals surface area contributed by atoms with Crippen molar-refractivity contribution < 1.29 is 5.11 Å². The highest BCUT2D eigenvalue weighted by molar-refractivity contribution is 4.91. The molecule has 1 aromatic rings. The van der Waals surface area contributed by atoms with Crippen LogP contribution >= 0.6 is 0 Å². The summed E-state index contributed by atoms with van der Waals surface area (Å²) in [5.41, 5.74) is 0.302. The van der Waals surface area contributed by atoms with Crippen LogP contribution in [0.15, 0.2) is 6.20 Å². The van der Waals surface area contributed by atoms with Crippen LogP contribution in [0.2, 0.25) is 0 Å². The van der Waals surface area contributed by atoms with Crippen molar-refractivity contribution >= 4 is 0 Å². The predicted octanol–water partition coefficient (Wildman–Crippen LogP) is 0.939. The third kappa shape index (κ3) is 5.23. The molecule has 0 aliphatic heterocycles. The smallest absolute Gasteiger partial charge is 0.0964 e. The SMILES string of the molecule is CCCNCc1cn(CCC(C)(C)O)nn1. The normalized spacial score (nSPS) is 12.0. The van der Waals surface area contributed by atoms with Crippen molar-refractivity contribution in [1.82, 2.24) is 20.3 Å². The average molecular weight is 226 g/mol. The molecule has 0 spiro atoms. The second kappa shape index (κ2) is 5.96. The molecule has 2 N–H and O–H groups in total. The van der Waals surface area contributed by atoms with Crippen molar-refractivity contribution in [3.63, 3.8) is 0 Å². The van der Waals surface area contributed by atoms with Crippen molar-refractivity contribution in [3.05, 3.63) is 11.9 Å². The van der Waals surface area contributed by atoms with Crippen LogP contribution in [0.3, 0.4) is 0 Å². The van der Waals surface area contributed by atoms with E-state index in [1.54, 1.807) is 18.5 Å². The molecule has 0 saturated carbocycles. The first-order valence-corrected chi connectivity index (χ1v) is 5.83. The van der Waals surface area contributed by atoms with Gasteiger partial charge in [0.2, 0.25) is 0 Å². The fraction of sp³-hybridized carbons (Fsp3) is 0.818. The van der Waals surface area contributed by atoms with Crippen LogP contribution in [0.4, 0.5) is 0 Å². The van der Waals surface area contributed by atoms with Crippen molar-refractivity contribution in [3.8, 4) is 0 Å². The maximum Gasteiger partial charge on any atom is 0.0964 e. The van der Waals surface area contributed by atoms with Gasteiger partial charge in [-0.2, -0.15) is 0 Å². The van der Waals surface area contributed by atoms with Crippen LogP contribution in [0, 0.1) is 0 Å². The predicted molar refractivity (Wildman–Crippen MR) is 62.9 cm³/mol. The second-order valence-corrected chi connectivity index (χ2v) is 4.71. The van der Waals surface area contributed by atoms with E-state index in [0.29, 0.717) is 13.0 Å². The van der Waals surface area contributed by atoms with Gasteiger partial charge in [0.15, 0.2) is 0 Å². The molecule has 0 saturated heterocycles. The van der Waals surface area contributed by atoms with Crippen molar-refractivity contribution in [2.24, 2.45) is 0 Å². The molecular weight excluding hydrogens is 204 g/mol. The number of aromatic nitrogens is 3. The summed E-state index contributed by atoms with van der Waals surface area (Å²) in [7, 11) is 0. The minimum absolute atomic E-state index is 0.646. The fourth-order valence-corrected chi connectivity index (χ4v) is 1.31. The summed E-state index contributed by atoms with van der Waals surface area (Å²) in [5, 5.41) is 20.9. The van der Waals surface area contributed by atoms with Crippen LogP contribution in [-0.4, -0.2) is 32.2 Å². The van der Waals surface area contributed by atoms with Crippen LogP contribution in [0.1, 0.15) is 39.3 Å². The number of hydrogen-bond donors (Lipinski definition) is 2. The summed E-state index contributed by atoms with van der Waals surface area (Å²) in [6.07, 6.45) is 3.72. The minimum Gasteiger partial charge on any atom is -0.390 e. The molecular formula is C11H22N4O. The van der Waals surface area contributed by atoms with Gasteiger partial charge in [0.05, 0.1) is 11.3 Å². The maximum absolute atomic E-state index is 9.59. The number of hydrogen-bond acceptors (Lipinski definition) is 4. The molecule has 0 aromatic carbocycles. The molecule has 0 unspecified atom stereocenters. The van der Waals surface area contributed by atoms with Gasteiger partial charge in [-0.3, -0.25) is 4.68 Å². The van der Waals surface area contributed by atoms with Gasteiger partial charge < -0.3 is 10.4 Å². The van der Waals surface area contributed by atoms with Gasteiger partial charge in [-0.05, 0) is 33.2 Å². The molecule has 0 aliphatic carbocycles. The largest absolute Gasteiger partial charge is 0.390 e. The molecule has 0 radical (unpaired) electrons. The Morgan fingerprint density at radius 2 is 2.25 bits per heavy atom. The second-order valence-electron chi connectivity index (χ2n) is 4.71. The van der Waals surface area contributed by atoms with Gasteiger partial charge in [-0.25, -0.2) is 0 Å². The first-order chi connectivity index (χ1) is 7.51. The van der Waals surface area contributed by atoms with Gasteiger partial charge >= 0.3 is 0 Å². The molecule has 0 aliphatic rings. The zero-order chi connectivity index (χ0) is 12.0. The van der Waals surface area contributed by atoms with E-state index >= 15 is 0 Å². The van der Waals surface area contributed by atoms with E-state index < -0.39 is 5.60 Å². The summed E-state index contributed by atoms with van der Waals surface area (Å²) >= 11 is 0. The van der Waals surface area contributed by atoms with E-state index in [-0.39, 0.29) is 0 Å². The molecule has 0 atom stereocenters. The lowest BCUT2D eigenvalue weighted by Crippen LogP contribution is -2.21. The van der Waals surface area contributed by atoms with Gasteiger partial charge in [-0.1, -0.05) is 12.1 Å². The van der Waals surface area contributed by atoms with Crippen LogP contribution in [0.5, 0.6) is 0 Å². The van der Waals surface area contributed by atoms with Crippen LogP contribution < -0.4 is 5.32 Å². The van der Waals surface area contributed by atoms with E-state index in [1.807, 2.05) is 6.20 Å². The summed E-state index contributed by atoms with van der Waals surface area (Å²) in [4.78, 5) is 0. The standard InChI is InChI=1S/C11H22N4O/c1-4-6-12-8-10-9-15(14-13-10)7-5-11(2,3)16/h9,12,16H,4-8H2,1-3H3. The summed E-state index contributed by atoms with van der Waals surface area (Å²) < 4.78 is 1.78. The highest BCUT2D eigenvalue weighted by Gasteiger charge is 2.12. The first-order valence-electron chi connectivity index (χ1n) is 5.83. The zero-order valence-corrected chi connectivity index (χ0v) is 10.4. The molecule has 1 aromatic heterocycles. The first kappa shape index (κ1) is 13.1. The third-order valence-electron chi connectivity index (χ3n) is 2.27. The third-order valence-corrected chi connectivity index (χ3v) is 2.27.